The van der Waals surface area contributed by atoms with E-state index < -0.39 is 0 Å². The predicted molar refractivity (Wildman–Crippen MR) is 90.8 cm³/mol. The molecule has 0 spiro atoms. The molecule has 0 saturated heterocycles. The molecule has 0 bridgehead atoms. The number of benzene rings is 2. The summed E-state index contributed by atoms with van der Waals surface area (Å²) in [5, 5.41) is 0.810. The zero-order valence-corrected chi connectivity index (χ0v) is 13.5. The van der Waals surface area contributed by atoms with E-state index in [1.54, 1.807) is 0 Å². The van der Waals surface area contributed by atoms with E-state index >= 15 is 0 Å². The number of carbonyl (C=O) groups excluding carboxylic acids is 1. The largest absolute Gasteiger partial charge is 0.322 e. The fourth-order valence-electron chi connectivity index (χ4n) is 2.19. The van der Waals surface area contributed by atoms with Crippen LogP contribution in [-0.2, 0) is 23.3 Å². The smallest absolute Gasteiger partial charge is 0.254 e. The highest BCUT2D eigenvalue weighted by Crippen LogP contribution is 2.22. The number of imidazole rings is 1. The third-order valence-electron chi connectivity index (χ3n) is 3.35. The van der Waals surface area contributed by atoms with Crippen molar-refractivity contribution >= 4 is 28.7 Å². The first kappa shape index (κ1) is 15.6. The van der Waals surface area contributed by atoms with Gasteiger partial charge >= 0.3 is 0 Å². The summed E-state index contributed by atoms with van der Waals surface area (Å²) < 4.78 is 1.98. The van der Waals surface area contributed by atoms with Gasteiger partial charge in [0.15, 0.2) is 5.16 Å². The van der Waals surface area contributed by atoms with Gasteiger partial charge < -0.3 is 4.57 Å². The Balaban J connectivity index is 1.49. The van der Waals surface area contributed by atoms with E-state index in [9.17, 15) is 4.79 Å². The first-order valence-corrected chi connectivity index (χ1v) is 8.21. The summed E-state index contributed by atoms with van der Waals surface area (Å²) in [6.07, 6.45) is 0. The number of aryl methyl sites for hydroxylation is 1. The molecule has 1 amide bonds. The number of rotatable bonds is 6. The van der Waals surface area contributed by atoms with Gasteiger partial charge in [0, 0.05) is 7.05 Å². The Kier molecular flexibility index (Phi) is 4.95. The molecule has 0 aliphatic heterocycles. The van der Waals surface area contributed by atoms with E-state index in [1.807, 2.05) is 66.2 Å². The maximum absolute atomic E-state index is 11.8. The summed E-state index contributed by atoms with van der Waals surface area (Å²) in [7, 11) is 1.95. The SMILES string of the molecule is Cn1c(SCC(=O)NOCc2ccccc2)nc2ccccc21. The van der Waals surface area contributed by atoms with Gasteiger partial charge in [-0.3, -0.25) is 9.63 Å². The van der Waals surface area contributed by atoms with E-state index in [0.29, 0.717) is 6.61 Å². The maximum atomic E-state index is 11.8. The van der Waals surface area contributed by atoms with Crippen LogP contribution in [0.25, 0.3) is 11.0 Å². The van der Waals surface area contributed by atoms with Crippen LogP contribution in [0.4, 0.5) is 0 Å². The Bertz CT molecular complexity index is 802. The average molecular weight is 327 g/mol. The number of carbonyl (C=O) groups is 1. The second kappa shape index (κ2) is 7.30. The molecule has 6 heteroatoms. The van der Waals surface area contributed by atoms with Crippen molar-refractivity contribution in [3.63, 3.8) is 0 Å². The molecule has 5 nitrogen and oxygen atoms in total. The Morgan fingerprint density at radius 3 is 2.70 bits per heavy atom. The fourth-order valence-corrected chi connectivity index (χ4v) is 2.96. The van der Waals surface area contributed by atoms with Crippen molar-refractivity contribution in [2.75, 3.05) is 5.75 Å². The van der Waals surface area contributed by atoms with E-state index in [4.69, 9.17) is 4.84 Å². The molecule has 0 fully saturated rings. The number of hydrogen-bond donors (Lipinski definition) is 1. The second-order valence-corrected chi connectivity index (χ2v) is 5.97. The normalized spacial score (nSPS) is 10.8. The topological polar surface area (TPSA) is 56.2 Å². The highest BCUT2D eigenvalue weighted by atomic mass is 32.2. The first-order valence-electron chi connectivity index (χ1n) is 7.23. The van der Waals surface area contributed by atoms with Crippen molar-refractivity contribution in [3.05, 3.63) is 60.2 Å². The van der Waals surface area contributed by atoms with E-state index in [-0.39, 0.29) is 11.7 Å². The third kappa shape index (κ3) is 3.91. The standard InChI is InChI=1S/C17H17N3O2S/c1-20-15-10-6-5-9-14(15)18-17(20)23-12-16(21)19-22-11-13-7-3-2-4-8-13/h2-10H,11-12H2,1H3,(H,19,21). The number of para-hydroxylation sites is 2. The summed E-state index contributed by atoms with van der Waals surface area (Å²) in [5.74, 6) is 0.0735. The van der Waals surface area contributed by atoms with Crippen LogP contribution in [-0.4, -0.2) is 21.2 Å². The van der Waals surface area contributed by atoms with E-state index in [0.717, 1.165) is 21.8 Å². The van der Waals surface area contributed by atoms with Crippen LogP contribution < -0.4 is 5.48 Å². The maximum Gasteiger partial charge on any atom is 0.254 e. The number of thioether (sulfide) groups is 1. The molecule has 0 radical (unpaired) electrons. The molecular formula is C17H17N3O2S. The van der Waals surface area contributed by atoms with Crippen molar-refractivity contribution in [3.8, 4) is 0 Å². The zero-order valence-electron chi connectivity index (χ0n) is 12.7. The number of hydroxylamine groups is 1. The molecule has 118 valence electrons. The van der Waals surface area contributed by atoms with Gasteiger partial charge in [-0.25, -0.2) is 10.5 Å². The average Bonchev–Trinajstić information content (AvgIpc) is 2.90. The van der Waals surface area contributed by atoms with Crippen LogP contribution in [0.15, 0.2) is 59.8 Å². The quantitative estimate of drug-likeness (QED) is 0.559. The summed E-state index contributed by atoms with van der Waals surface area (Å²) >= 11 is 1.39. The Morgan fingerprint density at radius 1 is 1.17 bits per heavy atom. The third-order valence-corrected chi connectivity index (χ3v) is 4.38. The molecule has 23 heavy (non-hydrogen) atoms. The summed E-state index contributed by atoms with van der Waals surface area (Å²) in [6.45, 7) is 0.351. The molecule has 0 atom stereocenters. The Hall–Kier alpha value is -2.31. The van der Waals surface area contributed by atoms with Gasteiger partial charge in [0.05, 0.1) is 23.4 Å². The molecule has 0 unspecified atom stereocenters. The van der Waals surface area contributed by atoms with Gasteiger partial charge in [0.1, 0.15) is 0 Å². The molecule has 0 aliphatic carbocycles. The van der Waals surface area contributed by atoms with Crippen LogP contribution in [0.1, 0.15) is 5.56 Å². The van der Waals surface area contributed by atoms with Crippen molar-refractivity contribution in [2.24, 2.45) is 7.05 Å². The molecule has 1 aromatic heterocycles. The molecular weight excluding hydrogens is 310 g/mol. The lowest BCUT2D eigenvalue weighted by Gasteiger charge is -2.06. The molecule has 2 aromatic carbocycles. The number of nitrogens with one attached hydrogen (secondary N) is 1. The number of nitrogens with zero attached hydrogens (tertiary/aromatic N) is 2. The minimum atomic E-state index is -0.182. The lowest BCUT2D eigenvalue weighted by atomic mass is 10.2. The summed E-state index contributed by atoms with van der Waals surface area (Å²) in [4.78, 5) is 21.6. The van der Waals surface area contributed by atoms with E-state index in [1.165, 1.54) is 11.8 Å². The lowest BCUT2D eigenvalue weighted by Crippen LogP contribution is -2.25. The fraction of sp³-hybridized carbons (Fsp3) is 0.176. The van der Waals surface area contributed by atoms with Crippen molar-refractivity contribution in [1.29, 1.82) is 0 Å². The Labute approximate surface area is 138 Å². The van der Waals surface area contributed by atoms with Crippen LogP contribution in [0.2, 0.25) is 0 Å². The van der Waals surface area contributed by atoms with Gasteiger partial charge in [-0.15, -0.1) is 0 Å². The van der Waals surface area contributed by atoms with E-state index in [2.05, 4.69) is 10.5 Å². The van der Waals surface area contributed by atoms with Crippen LogP contribution >= 0.6 is 11.8 Å². The molecule has 0 aliphatic rings. The predicted octanol–water partition coefficient (Wildman–Crippen LogP) is 2.91. The highest BCUT2D eigenvalue weighted by molar-refractivity contribution is 7.99. The molecule has 1 N–H and O–H groups in total. The van der Waals surface area contributed by atoms with Crippen molar-refractivity contribution in [2.45, 2.75) is 11.8 Å². The molecule has 1 heterocycles. The lowest BCUT2D eigenvalue weighted by molar-refractivity contribution is -0.131. The number of hydrogen-bond acceptors (Lipinski definition) is 4. The van der Waals surface area contributed by atoms with Gasteiger partial charge in [0.25, 0.3) is 5.91 Å². The van der Waals surface area contributed by atoms with Gasteiger partial charge in [0.2, 0.25) is 0 Å². The van der Waals surface area contributed by atoms with Crippen molar-refractivity contribution < 1.29 is 9.63 Å². The minimum Gasteiger partial charge on any atom is -0.322 e. The number of amides is 1. The van der Waals surface area contributed by atoms with Gasteiger partial charge in [-0.2, -0.15) is 0 Å². The zero-order chi connectivity index (χ0) is 16.1. The van der Waals surface area contributed by atoms with Crippen LogP contribution in [0.3, 0.4) is 0 Å². The number of aromatic nitrogens is 2. The summed E-state index contributed by atoms with van der Waals surface area (Å²) in [5.41, 5.74) is 5.45. The minimum absolute atomic E-state index is 0.182. The van der Waals surface area contributed by atoms with Crippen molar-refractivity contribution in [1.82, 2.24) is 15.0 Å². The number of fused-ring (bicyclic) bond motifs is 1. The molecule has 3 aromatic rings. The van der Waals surface area contributed by atoms with Crippen LogP contribution in [0.5, 0.6) is 0 Å². The van der Waals surface area contributed by atoms with Crippen LogP contribution in [0, 0.1) is 0 Å². The molecule has 3 rings (SSSR count). The van der Waals surface area contributed by atoms with Gasteiger partial charge in [-0.1, -0.05) is 54.2 Å². The first-order chi connectivity index (χ1) is 11.2. The second-order valence-electron chi connectivity index (χ2n) is 5.03. The van der Waals surface area contributed by atoms with Gasteiger partial charge in [-0.05, 0) is 17.7 Å². The summed E-state index contributed by atoms with van der Waals surface area (Å²) in [6, 6.07) is 17.6. The molecule has 0 saturated carbocycles. The highest BCUT2D eigenvalue weighted by Gasteiger charge is 2.10. The monoisotopic (exact) mass is 327 g/mol. The Morgan fingerprint density at radius 2 is 1.91 bits per heavy atom.